The second-order valence-corrected chi connectivity index (χ2v) is 6.33. The monoisotopic (exact) mass is 261 g/mol. The van der Waals surface area contributed by atoms with Crippen molar-refractivity contribution in [3.05, 3.63) is 24.0 Å². The topological polar surface area (TPSA) is 64.1 Å². The molecule has 0 bridgehead atoms. The lowest BCUT2D eigenvalue weighted by Crippen LogP contribution is -2.22. The van der Waals surface area contributed by atoms with Crippen LogP contribution in [0.1, 0.15) is 33.5 Å². The molecule has 4 heteroatoms. The maximum atomic E-state index is 9.29. The fourth-order valence-corrected chi connectivity index (χ4v) is 2.27. The van der Waals surface area contributed by atoms with Crippen LogP contribution in [0.3, 0.4) is 0 Å². The molecular formula is C15H23N3O. The smallest absolute Gasteiger partial charge is 0.115 e. The number of anilines is 1. The summed E-state index contributed by atoms with van der Waals surface area (Å²) in [5, 5.41) is 9.29. The van der Waals surface area contributed by atoms with Gasteiger partial charge in [0.1, 0.15) is 5.82 Å². The number of aromatic nitrogens is 2. The van der Waals surface area contributed by atoms with E-state index in [1.807, 2.05) is 25.1 Å². The first-order valence-electron chi connectivity index (χ1n) is 6.70. The van der Waals surface area contributed by atoms with Crippen LogP contribution >= 0.6 is 0 Å². The van der Waals surface area contributed by atoms with E-state index in [0.717, 1.165) is 29.1 Å². The Morgan fingerprint density at radius 2 is 2.05 bits per heavy atom. The molecule has 1 heterocycles. The minimum Gasteiger partial charge on any atom is -0.399 e. The Kier molecular flexibility index (Phi) is 3.54. The zero-order chi connectivity index (χ0) is 14.2. The van der Waals surface area contributed by atoms with Crippen LogP contribution in [0.25, 0.3) is 11.0 Å². The summed E-state index contributed by atoms with van der Waals surface area (Å²) in [7, 11) is 0. The van der Waals surface area contributed by atoms with Gasteiger partial charge in [-0.1, -0.05) is 27.7 Å². The van der Waals surface area contributed by atoms with Gasteiger partial charge in [-0.3, -0.25) is 0 Å². The van der Waals surface area contributed by atoms with E-state index in [-0.39, 0.29) is 17.9 Å². The highest BCUT2D eigenvalue weighted by Crippen LogP contribution is 2.28. The zero-order valence-electron chi connectivity index (χ0n) is 12.1. The number of imidazole rings is 1. The number of nitrogens with zero attached hydrogens (tertiary/aromatic N) is 2. The van der Waals surface area contributed by atoms with E-state index < -0.39 is 0 Å². The number of hydrogen-bond acceptors (Lipinski definition) is 3. The maximum absolute atomic E-state index is 9.29. The van der Waals surface area contributed by atoms with Crippen LogP contribution in [-0.4, -0.2) is 21.3 Å². The van der Waals surface area contributed by atoms with Gasteiger partial charge in [-0.05, 0) is 24.1 Å². The highest BCUT2D eigenvalue weighted by Gasteiger charge is 2.23. The van der Waals surface area contributed by atoms with E-state index in [4.69, 9.17) is 10.7 Å². The lowest BCUT2D eigenvalue weighted by molar-refractivity contribution is 0.221. The molecule has 2 rings (SSSR count). The summed E-state index contributed by atoms with van der Waals surface area (Å²) in [5.41, 5.74) is 8.53. The first-order chi connectivity index (χ1) is 8.82. The number of fused-ring (bicyclic) bond motifs is 1. The SMILES string of the molecule is CC(CO)Cn1c(C(C)(C)C)nc2cc(N)ccc21. The molecule has 104 valence electrons. The van der Waals surface area contributed by atoms with Gasteiger partial charge in [-0.15, -0.1) is 0 Å². The van der Waals surface area contributed by atoms with Crippen molar-refractivity contribution in [2.24, 2.45) is 5.92 Å². The molecule has 0 radical (unpaired) electrons. The molecule has 1 aromatic heterocycles. The number of aliphatic hydroxyl groups excluding tert-OH is 1. The minimum absolute atomic E-state index is 0.0387. The molecule has 0 saturated heterocycles. The van der Waals surface area contributed by atoms with E-state index in [0.29, 0.717) is 0 Å². The third-order valence-corrected chi connectivity index (χ3v) is 3.25. The van der Waals surface area contributed by atoms with Crippen LogP contribution in [0.15, 0.2) is 18.2 Å². The molecule has 0 aliphatic heterocycles. The Morgan fingerprint density at radius 1 is 1.37 bits per heavy atom. The van der Waals surface area contributed by atoms with Crippen LogP contribution in [0.4, 0.5) is 5.69 Å². The summed E-state index contributed by atoms with van der Waals surface area (Å²) in [6.07, 6.45) is 0. The van der Waals surface area contributed by atoms with Crippen LogP contribution in [0.2, 0.25) is 0 Å². The Labute approximate surface area is 114 Å². The Balaban J connectivity index is 2.62. The summed E-state index contributed by atoms with van der Waals surface area (Å²) in [6.45, 7) is 9.43. The second kappa shape index (κ2) is 4.85. The van der Waals surface area contributed by atoms with E-state index >= 15 is 0 Å². The molecule has 1 aromatic carbocycles. The molecule has 1 unspecified atom stereocenters. The van der Waals surface area contributed by atoms with E-state index in [2.05, 4.69) is 25.3 Å². The lowest BCUT2D eigenvalue weighted by atomic mass is 9.95. The van der Waals surface area contributed by atoms with Gasteiger partial charge < -0.3 is 15.4 Å². The summed E-state index contributed by atoms with van der Waals surface area (Å²) >= 11 is 0. The van der Waals surface area contributed by atoms with Crippen LogP contribution < -0.4 is 5.73 Å². The van der Waals surface area contributed by atoms with Gasteiger partial charge in [0.05, 0.1) is 11.0 Å². The van der Waals surface area contributed by atoms with Gasteiger partial charge in [0.25, 0.3) is 0 Å². The van der Waals surface area contributed by atoms with Crippen molar-refractivity contribution in [1.82, 2.24) is 9.55 Å². The van der Waals surface area contributed by atoms with Crippen molar-refractivity contribution in [1.29, 1.82) is 0 Å². The number of nitrogen functional groups attached to an aromatic ring is 1. The van der Waals surface area contributed by atoms with Crippen LogP contribution in [0, 0.1) is 5.92 Å². The van der Waals surface area contributed by atoms with E-state index in [1.165, 1.54) is 0 Å². The van der Waals surface area contributed by atoms with Crippen LogP contribution in [0.5, 0.6) is 0 Å². The molecule has 0 fully saturated rings. The van der Waals surface area contributed by atoms with Gasteiger partial charge in [-0.25, -0.2) is 4.98 Å². The minimum atomic E-state index is -0.0387. The normalized spacial score (nSPS) is 13.9. The van der Waals surface area contributed by atoms with E-state index in [1.54, 1.807) is 0 Å². The Hall–Kier alpha value is -1.55. The van der Waals surface area contributed by atoms with Crippen LogP contribution in [-0.2, 0) is 12.0 Å². The number of aliphatic hydroxyl groups is 1. The van der Waals surface area contributed by atoms with Crippen molar-refractivity contribution in [3.63, 3.8) is 0 Å². The average Bonchev–Trinajstić information content (AvgIpc) is 2.67. The first kappa shape index (κ1) is 13.9. The molecule has 4 nitrogen and oxygen atoms in total. The standard InChI is InChI=1S/C15H23N3O/c1-10(9-19)8-18-13-6-5-11(16)7-12(13)17-14(18)15(2,3)4/h5-7,10,19H,8-9,16H2,1-4H3. The molecule has 0 spiro atoms. The lowest BCUT2D eigenvalue weighted by Gasteiger charge is -2.21. The summed E-state index contributed by atoms with van der Waals surface area (Å²) in [5.74, 6) is 1.24. The van der Waals surface area contributed by atoms with Crippen molar-refractivity contribution < 1.29 is 5.11 Å². The highest BCUT2D eigenvalue weighted by atomic mass is 16.3. The molecule has 0 aliphatic carbocycles. The predicted octanol–water partition coefficient (Wildman–Crippen LogP) is 2.54. The Morgan fingerprint density at radius 3 is 2.63 bits per heavy atom. The average molecular weight is 261 g/mol. The number of nitrogens with two attached hydrogens (primary N) is 1. The van der Waals surface area contributed by atoms with Crippen molar-refractivity contribution in [2.45, 2.75) is 39.7 Å². The van der Waals surface area contributed by atoms with Crippen molar-refractivity contribution in [3.8, 4) is 0 Å². The number of hydrogen-bond donors (Lipinski definition) is 2. The van der Waals surface area contributed by atoms with Gasteiger partial charge in [0, 0.05) is 24.3 Å². The van der Waals surface area contributed by atoms with E-state index in [9.17, 15) is 5.11 Å². The molecule has 2 aromatic rings. The Bertz CT molecular complexity index is 581. The molecule has 0 amide bonds. The highest BCUT2D eigenvalue weighted by molar-refractivity contribution is 5.79. The first-order valence-corrected chi connectivity index (χ1v) is 6.70. The third kappa shape index (κ3) is 2.73. The van der Waals surface area contributed by atoms with Gasteiger partial charge in [-0.2, -0.15) is 0 Å². The zero-order valence-corrected chi connectivity index (χ0v) is 12.1. The largest absolute Gasteiger partial charge is 0.399 e. The van der Waals surface area contributed by atoms with Crippen molar-refractivity contribution >= 4 is 16.7 Å². The predicted molar refractivity (Wildman–Crippen MR) is 79.1 cm³/mol. The second-order valence-electron chi connectivity index (χ2n) is 6.33. The molecule has 1 atom stereocenters. The fourth-order valence-electron chi connectivity index (χ4n) is 2.27. The number of rotatable bonds is 3. The summed E-state index contributed by atoms with van der Waals surface area (Å²) in [4.78, 5) is 4.73. The molecule has 3 N–H and O–H groups in total. The van der Waals surface area contributed by atoms with Crippen molar-refractivity contribution in [2.75, 3.05) is 12.3 Å². The third-order valence-electron chi connectivity index (χ3n) is 3.25. The molecule has 0 saturated carbocycles. The quantitative estimate of drug-likeness (QED) is 0.835. The molecule has 0 aliphatic rings. The maximum Gasteiger partial charge on any atom is 0.115 e. The molecular weight excluding hydrogens is 238 g/mol. The summed E-state index contributed by atoms with van der Waals surface area (Å²) < 4.78 is 2.20. The summed E-state index contributed by atoms with van der Waals surface area (Å²) in [6, 6.07) is 5.82. The van der Waals surface area contributed by atoms with Gasteiger partial charge in [0.2, 0.25) is 0 Å². The van der Waals surface area contributed by atoms with Gasteiger partial charge in [0.15, 0.2) is 0 Å². The number of benzene rings is 1. The fraction of sp³-hybridized carbons (Fsp3) is 0.533. The van der Waals surface area contributed by atoms with Gasteiger partial charge >= 0.3 is 0 Å². The molecule has 19 heavy (non-hydrogen) atoms.